The summed E-state index contributed by atoms with van der Waals surface area (Å²) in [6.07, 6.45) is 0.934. The molecule has 1 aromatic carbocycles. The number of esters is 1. The summed E-state index contributed by atoms with van der Waals surface area (Å²) in [4.78, 5) is 24.3. The van der Waals surface area contributed by atoms with Gasteiger partial charge in [0.15, 0.2) is 0 Å². The number of nitrogens with one attached hydrogen (secondary N) is 1. The Morgan fingerprint density at radius 1 is 1.15 bits per heavy atom. The molecule has 0 saturated carbocycles. The summed E-state index contributed by atoms with van der Waals surface area (Å²) in [7, 11) is 1.44. The molecule has 0 spiro atoms. The van der Waals surface area contributed by atoms with Gasteiger partial charge in [0.05, 0.1) is 13.2 Å². The van der Waals surface area contributed by atoms with Crippen LogP contribution in [0.1, 0.15) is 30.6 Å². The van der Waals surface area contributed by atoms with Crippen LogP contribution in [0.2, 0.25) is 0 Å². The smallest absolute Gasteiger partial charge is 0.341 e. The molecule has 0 radical (unpaired) electrons. The predicted octanol–water partition coefficient (Wildman–Crippen LogP) is 3.97. The fraction of sp³-hybridized carbons (Fsp3) is 0.368. The van der Waals surface area contributed by atoms with Gasteiger partial charge >= 0.3 is 5.97 Å². The third kappa shape index (κ3) is 5.06. The second-order valence-electron chi connectivity index (χ2n) is 5.43. The van der Waals surface area contributed by atoms with Gasteiger partial charge in [-0.15, -0.1) is 11.3 Å². The van der Waals surface area contributed by atoms with Crippen molar-refractivity contribution >= 4 is 28.2 Å². The molecule has 6 nitrogen and oxygen atoms in total. The van der Waals surface area contributed by atoms with Crippen LogP contribution in [0.4, 0.5) is 5.00 Å². The molecule has 0 saturated heterocycles. The monoisotopic (exact) mass is 377 g/mol. The lowest BCUT2D eigenvalue weighted by molar-refractivity contribution is -0.119. The zero-order chi connectivity index (χ0) is 18.9. The molecule has 1 N–H and O–H groups in total. The van der Waals surface area contributed by atoms with E-state index in [0.29, 0.717) is 22.7 Å². The van der Waals surface area contributed by atoms with Gasteiger partial charge in [0.1, 0.15) is 22.9 Å². The van der Waals surface area contributed by atoms with E-state index in [1.807, 2.05) is 36.6 Å². The highest BCUT2D eigenvalue weighted by Crippen LogP contribution is 2.36. The summed E-state index contributed by atoms with van der Waals surface area (Å²) in [5, 5.41) is 4.99. The van der Waals surface area contributed by atoms with Crippen molar-refractivity contribution in [2.75, 3.05) is 32.2 Å². The first-order chi connectivity index (χ1) is 12.6. The zero-order valence-electron chi connectivity index (χ0n) is 15.2. The highest BCUT2D eigenvalue weighted by molar-refractivity contribution is 7.15. The molecule has 0 aliphatic rings. The minimum absolute atomic E-state index is 0.0844. The van der Waals surface area contributed by atoms with Crippen molar-refractivity contribution in [3.05, 3.63) is 35.2 Å². The molecule has 7 heteroatoms. The van der Waals surface area contributed by atoms with Crippen molar-refractivity contribution in [3.8, 4) is 16.9 Å². The second kappa shape index (κ2) is 9.94. The van der Waals surface area contributed by atoms with Gasteiger partial charge in [-0.3, -0.25) is 4.79 Å². The first-order valence-electron chi connectivity index (χ1n) is 8.41. The molecule has 1 amide bonds. The lowest BCUT2D eigenvalue weighted by Gasteiger charge is -2.09. The lowest BCUT2D eigenvalue weighted by Crippen LogP contribution is -2.18. The van der Waals surface area contributed by atoms with Crippen LogP contribution in [0.5, 0.6) is 5.75 Å². The molecule has 0 unspecified atom stereocenters. The Morgan fingerprint density at radius 3 is 2.50 bits per heavy atom. The van der Waals surface area contributed by atoms with Crippen molar-refractivity contribution in [2.24, 2.45) is 0 Å². The number of rotatable bonds is 9. The van der Waals surface area contributed by atoms with Gasteiger partial charge in [-0.25, -0.2) is 4.79 Å². The molecular weight excluding hydrogens is 354 g/mol. The molecule has 26 heavy (non-hydrogen) atoms. The Morgan fingerprint density at radius 2 is 1.88 bits per heavy atom. The maximum Gasteiger partial charge on any atom is 0.341 e. The highest BCUT2D eigenvalue weighted by Gasteiger charge is 2.22. The van der Waals surface area contributed by atoms with Gasteiger partial charge < -0.3 is 19.5 Å². The quantitative estimate of drug-likeness (QED) is 0.670. The molecular formula is C19H23NO5S. The SMILES string of the molecule is CCCOc1ccc(-c2csc(NC(=O)COC)c2C(=O)OCC)cc1. The Balaban J connectivity index is 2.33. The first kappa shape index (κ1) is 19.9. The van der Waals surface area contributed by atoms with Gasteiger partial charge in [-0.2, -0.15) is 0 Å². The number of hydrogen-bond donors (Lipinski definition) is 1. The Bertz CT molecular complexity index is 739. The zero-order valence-corrected chi connectivity index (χ0v) is 16.0. The van der Waals surface area contributed by atoms with Crippen LogP contribution in [0.15, 0.2) is 29.6 Å². The Labute approximate surface area is 157 Å². The van der Waals surface area contributed by atoms with E-state index >= 15 is 0 Å². The van der Waals surface area contributed by atoms with E-state index in [4.69, 9.17) is 14.2 Å². The number of carbonyl (C=O) groups is 2. The molecule has 140 valence electrons. The van der Waals surface area contributed by atoms with Gasteiger partial charge in [-0.05, 0) is 31.0 Å². The van der Waals surface area contributed by atoms with E-state index < -0.39 is 5.97 Å². The summed E-state index contributed by atoms with van der Waals surface area (Å²) in [5.41, 5.74) is 1.91. The topological polar surface area (TPSA) is 73.9 Å². The van der Waals surface area contributed by atoms with Crippen LogP contribution in [0.25, 0.3) is 11.1 Å². The van der Waals surface area contributed by atoms with E-state index in [2.05, 4.69) is 5.32 Å². The van der Waals surface area contributed by atoms with E-state index in [1.165, 1.54) is 18.4 Å². The molecule has 0 fully saturated rings. The van der Waals surface area contributed by atoms with Crippen molar-refractivity contribution in [2.45, 2.75) is 20.3 Å². The average molecular weight is 377 g/mol. The van der Waals surface area contributed by atoms with Crippen LogP contribution in [0.3, 0.4) is 0 Å². The first-order valence-corrected chi connectivity index (χ1v) is 9.29. The Hall–Kier alpha value is -2.38. The van der Waals surface area contributed by atoms with Crippen molar-refractivity contribution in [1.82, 2.24) is 0 Å². The molecule has 0 atom stereocenters. The number of amides is 1. The van der Waals surface area contributed by atoms with Gasteiger partial charge in [0.25, 0.3) is 5.91 Å². The fourth-order valence-electron chi connectivity index (χ4n) is 2.31. The van der Waals surface area contributed by atoms with Crippen LogP contribution in [-0.4, -0.2) is 38.8 Å². The number of anilines is 1. The number of methoxy groups -OCH3 is 1. The maximum absolute atomic E-state index is 12.4. The average Bonchev–Trinajstić information content (AvgIpc) is 3.04. The normalized spacial score (nSPS) is 10.4. The predicted molar refractivity (Wildman–Crippen MR) is 102 cm³/mol. The number of carbonyl (C=O) groups excluding carboxylic acids is 2. The van der Waals surface area contributed by atoms with Gasteiger partial charge in [0, 0.05) is 18.1 Å². The van der Waals surface area contributed by atoms with Gasteiger partial charge in [-0.1, -0.05) is 19.1 Å². The summed E-state index contributed by atoms with van der Waals surface area (Å²) in [6.45, 7) is 4.61. The van der Waals surface area contributed by atoms with E-state index in [-0.39, 0.29) is 19.1 Å². The molecule has 2 rings (SSSR count). The third-order valence-electron chi connectivity index (χ3n) is 3.44. The molecule has 0 aliphatic carbocycles. The summed E-state index contributed by atoms with van der Waals surface area (Å²) >= 11 is 1.28. The number of thiophene rings is 1. The third-order valence-corrected chi connectivity index (χ3v) is 4.33. The number of hydrogen-bond acceptors (Lipinski definition) is 6. The summed E-state index contributed by atoms with van der Waals surface area (Å²) in [5.74, 6) is -0.0188. The van der Waals surface area contributed by atoms with Gasteiger partial charge in [0.2, 0.25) is 0 Å². The van der Waals surface area contributed by atoms with Crippen LogP contribution in [-0.2, 0) is 14.3 Å². The standard InChI is InChI=1S/C19H23NO5S/c1-4-10-25-14-8-6-13(7-9-14)15-12-26-18(20-16(21)11-23-3)17(15)19(22)24-5-2/h6-9,12H,4-5,10-11H2,1-3H3,(H,20,21). The summed E-state index contributed by atoms with van der Waals surface area (Å²) < 4.78 is 15.6. The van der Waals surface area contributed by atoms with Crippen LogP contribution >= 0.6 is 11.3 Å². The van der Waals surface area contributed by atoms with Crippen molar-refractivity contribution in [1.29, 1.82) is 0 Å². The molecule has 2 aromatic rings. The molecule has 1 aromatic heterocycles. The number of ether oxygens (including phenoxy) is 3. The maximum atomic E-state index is 12.4. The van der Waals surface area contributed by atoms with E-state index in [0.717, 1.165) is 17.7 Å². The van der Waals surface area contributed by atoms with Crippen molar-refractivity contribution < 1.29 is 23.8 Å². The van der Waals surface area contributed by atoms with Crippen LogP contribution < -0.4 is 10.1 Å². The largest absolute Gasteiger partial charge is 0.494 e. The van der Waals surface area contributed by atoms with Crippen molar-refractivity contribution in [3.63, 3.8) is 0 Å². The molecule has 1 heterocycles. The highest BCUT2D eigenvalue weighted by atomic mass is 32.1. The summed E-state index contributed by atoms with van der Waals surface area (Å²) in [6, 6.07) is 7.49. The van der Waals surface area contributed by atoms with Crippen LogP contribution in [0, 0.1) is 0 Å². The Kier molecular flexibility index (Phi) is 7.62. The minimum Gasteiger partial charge on any atom is -0.494 e. The van der Waals surface area contributed by atoms with E-state index in [1.54, 1.807) is 6.92 Å². The van der Waals surface area contributed by atoms with E-state index in [9.17, 15) is 9.59 Å². The lowest BCUT2D eigenvalue weighted by atomic mass is 10.0. The number of benzene rings is 1. The molecule has 0 bridgehead atoms. The second-order valence-corrected chi connectivity index (χ2v) is 6.31. The fourth-order valence-corrected chi connectivity index (χ4v) is 3.29. The minimum atomic E-state index is -0.470. The molecule has 0 aliphatic heterocycles.